The lowest BCUT2D eigenvalue weighted by molar-refractivity contribution is 0.416. The molecular weight excluding hydrogens is 258 g/mol. The van der Waals surface area contributed by atoms with Crippen LogP contribution >= 0.6 is 0 Å². The Morgan fingerprint density at radius 2 is 1.81 bits per heavy atom. The Bertz CT molecular complexity index is 575. The first kappa shape index (κ1) is 15.6. The molecule has 0 aliphatic carbocycles. The molecule has 0 saturated heterocycles. The van der Waals surface area contributed by atoms with E-state index in [4.69, 9.17) is 10.5 Å². The van der Waals surface area contributed by atoms with E-state index in [1.165, 1.54) is 16.7 Å². The lowest BCUT2D eigenvalue weighted by atomic mass is 9.95. The summed E-state index contributed by atoms with van der Waals surface area (Å²) < 4.78 is 5.47. The van der Waals surface area contributed by atoms with Gasteiger partial charge in [0.05, 0.1) is 7.11 Å². The van der Waals surface area contributed by atoms with Gasteiger partial charge in [0, 0.05) is 5.56 Å². The molecule has 0 bridgehead atoms. The maximum atomic E-state index is 5.62. The highest BCUT2D eigenvalue weighted by Gasteiger charge is 2.07. The highest BCUT2D eigenvalue weighted by molar-refractivity contribution is 5.71. The van der Waals surface area contributed by atoms with Crippen molar-refractivity contribution >= 4 is 0 Å². The Balaban J connectivity index is 2.21. The average molecular weight is 283 g/mol. The van der Waals surface area contributed by atoms with Crippen molar-refractivity contribution in [2.75, 3.05) is 13.7 Å². The minimum atomic E-state index is 0.634. The normalized spacial score (nSPS) is 12.2. The van der Waals surface area contributed by atoms with Gasteiger partial charge in [0.2, 0.25) is 0 Å². The van der Waals surface area contributed by atoms with Crippen LogP contribution in [0.4, 0.5) is 0 Å². The number of rotatable bonds is 6. The average Bonchev–Trinajstić information content (AvgIpc) is 2.48. The summed E-state index contributed by atoms with van der Waals surface area (Å²) in [6, 6.07) is 15.1. The van der Waals surface area contributed by atoms with Crippen LogP contribution in [0.2, 0.25) is 0 Å². The summed E-state index contributed by atoms with van der Waals surface area (Å²) >= 11 is 0. The third kappa shape index (κ3) is 4.08. The molecule has 1 atom stereocenters. The van der Waals surface area contributed by atoms with Crippen LogP contribution in [0.15, 0.2) is 42.5 Å². The molecule has 2 nitrogen and oxygen atoms in total. The zero-order valence-corrected chi connectivity index (χ0v) is 13.2. The SMILES string of the molecule is COc1ccc(C)cc1-c1ccc(CC(C)CCN)cc1. The summed E-state index contributed by atoms with van der Waals surface area (Å²) in [6.45, 7) is 5.12. The summed E-state index contributed by atoms with van der Waals surface area (Å²) in [5.41, 5.74) is 10.6. The highest BCUT2D eigenvalue weighted by atomic mass is 16.5. The molecule has 0 aliphatic heterocycles. The molecule has 0 aliphatic rings. The lowest BCUT2D eigenvalue weighted by Crippen LogP contribution is -2.07. The molecule has 0 aromatic heterocycles. The highest BCUT2D eigenvalue weighted by Crippen LogP contribution is 2.31. The predicted molar refractivity (Wildman–Crippen MR) is 89.7 cm³/mol. The number of benzene rings is 2. The van der Waals surface area contributed by atoms with E-state index in [9.17, 15) is 0 Å². The van der Waals surface area contributed by atoms with Crippen molar-refractivity contribution in [1.29, 1.82) is 0 Å². The summed E-state index contributed by atoms with van der Waals surface area (Å²) in [6.07, 6.45) is 2.16. The standard InChI is InChI=1S/C19H25NO/c1-14-4-9-19(21-3)18(13-14)17-7-5-16(6-8-17)12-15(2)10-11-20/h4-9,13,15H,10-12,20H2,1-3H3. The van der Waals surface area contributed by atoms with Gasteiger partial charge in [-0.05, 0) is 55.5 Å². The van der Waals surface area contributed by atoms with Crippen LogP contribution in [-0.4, -0.2) is 13.7 Å². The number of hydrogen-bond donors (Lipinski definition) is 1. The maximum Gasteiger partial charge on any atom is 0.126 e. The van der Waals surface area contributed by atoms with Crippen molar-refractivity contribution in [2.24, 2.45) is 11.7 Å². The molecule has 0 heterocycles. The van der Waals surface area contributed by atoms with Gasteiger partial charge >= 0.3 is 0 Å². The fourth-order valence-electron chi connectivity index (χ4n) is 2.66. The van der Waals surface area contributed by atoms with E-state index in [1.54, 1.807) is 7.11 Å². The molecule has 0 saturated carbocycles. The van der Waals surface area contributed by atoms with Gasteiger partial charge < -0.3 is 10.5 Å². The van der Waals surface area contributed by atoms with Crippen LogP contribution in [0.1, 0.15) is 24.5 Å². The third-order valence-corrected chi connectivity index (χ3v) is 3.86. The number of nitrogens with two attached hydrogens (primary N) is 1. The van der Waals surface area contributed by atoms with E-state index in [0.29, 0.717) is 5.92 Å². The second-order valence-corrected chi connectivity index (χ2v) is 5.79. The molecule has 2 heteroatoms. The molecule has 0 spiro atoms. The van der Waals surface area contributed by atoms with Crippen molar-refractivity contribution < 1.29 is 4.74 Å². The van der Waals surface area contributed by atoms with Crippen molar-refractivity contribution in [3.63, 3.8) is 0 Å². The lowest BCUT2D eigenvalue weighted by Gasteiger charge is -2.12. The van der Waals surface area contributed by atoms with Gasteiger partial charge in [-0.1, -0.05) is 42.8 Å². The molecule has 2 aromatic carbocycles. The fourth-order valence-corrected chi connectivity index (χ4v) is 2.66. The first-order valence-corrected chi connectivity index (χ1v) is 7.58. The van der Waals surface area contributed by atoms with Crippen LogP contribution in [0, 0.1) is 12.8 Å². The van der Waals surface area contributed by atoms with Gasteiger partial charge in [-0.25, -0.2) is 0 Å². The van der Waals surface area contributed by atoms with Crippen LogP contribution in [0.3, 0.4) is 0 Å². The van der Waals surface area contributed by atoms with E-state index in [2.05, 4.69) is 50.2 Å². The summed E-state index contributed by atoms with van der Waals surface area (Å²) in [4.78, 5) is 0. The Labute approximate surface area is 127 Å². The summed E-state index contributed by atoms with van der Waals surface area (Å²) in [5, 5.41) is 0. The molecule has 2 rings (SSSR count). The molecule has 0 amide bonds. The number of hydrogen-bond acceptors (Lipinski definition) is 2. The van der Waals surface area contributed by atoms with Gasteiger partial charge in [-0.3, -0.25) is 0 Å². The van der Waals surface area contributed by atoms with E-state index in [-0.39, 0.29) is 0 Å². The van der Waals surface area contributed by atoms with Gasteiger partial charge in [0.15, 0.2) is 0 Å². The van der Waals surface area contributed by atoms with Crippen molar-refractivity contribution in [1.82, 2.24) is 0 Å². The Morgan fingerprint density at radius 3 is 2.43 bits per heavy atom. The Kier molecular flexibility index (Phi) is 5.40. The third-order valence-electron chi connectivity index (χ3n) is 3.86. The fraction of sp³-hybridized carbons (Fsp3) is 0.368. The topological polar surface area (TPSA) is 35.2 Å². The molecule has 1 unspecified atom stereocenters. The van der Waals surface area contributed by atoms with Gasteiger partial charge in [0.25, 0.3) is 0 Å². The molecular formula is C19H25NO. The molecule has 0 radical (unpaired) electrons. The monoisotopic (exact) mass is 283 g/mol. The second kappa shape index (κ2) is 7.28. The zero-order valence-electron chi connectivity index (χ0n) is 13.2. The van der Waals surface area contributed by atoms with Crippen LogP contribution in [0.5, 0.6) is 5.75 Å². The molecule has 21 heavy (non-hydrogen) atoms. The molecule has 0 fully saturated rings. The minimum absolute atomic E-state index is 0.634. The first-order chi connectivity index (χ1) is 10.1. The minimum Gasteiger partial charge on any atom is -0.496 e. The molecule has 112 valence electrons. The van der Waals surface area contributed by atoms with E-state index in [1.807, 2.05) is 6.07 Å². The zero-order chi connectivity index (χ0) is 15.2. The van der Waals surface area contributed by atoms with E-state index < -0.39 is 0 Å². The van der Waals surface area contributed by atoms with Crippen molar-refractivity contribution in [3.8, 4) is 16.9 Å². The van der Waals surface area contributed by atoms with Gasteiger partial charge in [0.1, 0.15) is 5.75 Å². The number of aryl methyl sites for hydroxylation is 1. The van der Waals surface area contributed by atoms with Crippen molar-refractivity contribution in [3.05, 3.63) is 53.6 Å². The largest absolute Gasteiger partial charge is 0.496 e. The molecule has 2 aromatic rings. The second-order valence-electron chi connectivity index (χ2n) is 5.79. The van der Waals surface area contributed by atoms with Crippen LogP contribution in [-0.2, 0) is 6.42 Å². The number of methoxy groups -OCH3 is 1. The smallest absolute Gasteiger partial charge is 0.126 e. The maximum absolute atomic E-state index is 5.62. The van der Waals surface area contributed by atoms with Gasteiger partial charge in [-0.15, -0.1) is 0 Å². The van der Waals surface area contributed by atoms with E-state index in [0.717, 1.165) is 30.7 Å². The van der Waals surface area contributed by atoms with Crippen molar-refractivity contribution in [2.45, 2.75) is 26.7 Å². The summed E-state index contributed by atoms with van der Waals surface area (Å²) in [5.74, 6) is 1.55. The van der Waals surface area contributed by atoms with Gasteiger partial charge in [-0.2, -0.15) is 0 Å². The molecule has 2 N–H and O–H groups in total. The Hall–Kier alpha value is -1.80. The van der Waals surface area contributed by atoms with Crippen LogP contribution in [0.25, 0.3) is 11.1 Å². The quantitative estimate of drug-likeness (QED) is 0.862. The summed E-state index contributed by atoms with van der Waals surface area (Å²) in [7, 11) is 1.72. The van der Waals surface area contributed by atoms with Crippen LogP contribution < -0.4 is 10.5 Å². The Morgan fingerprint density at radius 1 is 1.10 bits per heavy atom. The number of ether oxygens (including phenoxy) is 1. The first-order valence-electron chi connectivity index (χ1n) is 7.58. The predicted octanol–water partition coefficient (Wildman–Crippen LogP) is 4.20. The van der Waals surface area contributed by atoms with E-state index >= 15 is 0 Å².